The number of hydrogen-bond donors (Lipinski definition) is 1. The highest BCUT2D eigenvalue weighted by molar-refractivity contribution is 7.51. The van der Waals surface area contributed by atoms with Crippen LogP contribution in [0.4, 0.5) is 10.1 Å². The maximum Gasteiger partial charge on any atom is 0.461 e. The number of rotatable bonds is 8. The lowest BCUT2D eigenvalue weighted by Crippen LogP contribution is -2.46. The number of aromatic nitrogens is 1. The van der Waals surface area contributed by atoms with Crippen LogP contribution in [0.5, 0.6) is 5.75 Å². The molecule has 1 aliphatic rings. The second-order valence-corrected chi connectivity index (χ2v) is 11.7. The number of anilines is 1. The molecule has 1 atom stereocenters. The second kappa shape index (κ2) is 11.5. The van der Waals surface area contributed by atoms with Crippen molar-refractivity contribution in [2.75, 3.05) is 38.2 Å². The molecule has 0 bridgehead atoms. The molecule has 3 aromatic carbocycles. The van der Waals surface area contributed by atoms with E-state index in [1.807, 2.05) is 17.9 Å². The Labute approximate surface area is 236 Å². The largest absolute Gasteiger partial charge is 0.477 e. The Bertz CT molecular complexity index is 1700. The van der Waals surface area contributed by atoms with Crippen LogP contribution < -0.4 is 14.9 Å². The summed E-state index contributed by atoms with van der Waals surface area (Å²) < 4.78 is 44.6. The maximum absolute atomic E-state index is 16.6. The van der Waals surface area contributed by atoms with Crippen molar-refractivity contribution in [1.82, 2.24) is 9.24 Å². The Kier molecular flexibility index (Phi) is 8.00. The molecule has 0 radical (unpaired) electrons. The summed E-state index contributed by atoms with van der Waals surface area (Å²) in [5.74, 6) is -1.55. The van der Waals surface area contributed by atoms with Crippen molar-refractivity contribution >= 4 is 30.3 Å². The second-order valence-electron chi connectivity index (χ2n) is 9.68. The van der Waals surface area contributed by atoms with Gasteiger partial charge in [-0.15, -0.1) is 0 Å². The number of hydrogen-bond acceptors (Lipinski definition) is 6. The molecule has 0 amide bonds. The molecule has 0 aliphatic carbocycles. The molecule has 1 fully saturated rings. The topological polar surface area (TPSA) is 101 Å². The highest BCUT2D eigenvalue weighted by atomic mass is 31.2. The molecule has 0 spiro atoms. The van der Waals surface area contributed by atoms with Gasteiger partial charge in [0, 0.05) is 51.1 Å². The standard InChI is InChI=1S/C30H31FN3O6P/c1-4-34-20(2)25(30(36)37)29(35)27-23(34)19-24(28(31)26(27)21-11-7-5-8-12-21)32-15-17-33(18-16-32)41(38,39-3)40-22-13-9-6-10-14-22/h5-14,19H,4,15-18H2,1-3H3,(H,36,37). The number of carbonyl (C=O) groups is 1. The van der Waals surface area contributed by atoms with Gasteiger partial charge in [-0.05, 0) is 37.6 Å². The third-order valence-corrected chi connectivity index (χ3v) is 9.46. The van der Waals surface area contributed by atoms with Crippen molar-refractivity contribution in [1.29, 1.82) is 0 Å². The van der Waals surface area contributed by atoms with Crippen LogP contribution in [-0.2, 0) is 15.6 Å². The summed E-state index contributed by atoms with van der Waals surface area (Å²) in [7, 11) is -2.32. The molecule has 2 heterocycles. The summed E-state index contributed by atoms with van der Waals surface area (Å²) in [6, 6.07) is 19.1. The van der Waals surface area contributed by atoms with Crippen LogP contribution in [0.2, 0.25) is 0 Å². The van der Waals surface area contributed by atoms with Crippen LogP contribution in [0.25, 0.3) is 22.0 Å². The van der Waals surface area contributed by atoms with Gasteiger partial charge >= 0.3 is 13.7 Å². The number of para-hydroxylation sites is 1. The molecule has 41 heavy (non-hydrogen) atoms. The molecule has 5 rings (SSSR count). The first-order valence-corrected chi connectivity index (χ1v) is 14.8. The molecule has 1 aromatic heterocycles. The molecule has 1 saturated heterocycles. The molecule has 214 valence electrons. The predicted octanol–water partition coefficient (Wildman–Crippen LogP) is 5.79. The van der Waals surface area contributed by atoms with E-state index in [9.17, 15) is 19.3 Å². The Morgan fingerprint density at radius 2 is 1.63 bits per heavy atom. The van der Waals surface area contributed by atoms with Gasteiger partial charge in [0.15, 0.2) is 5.82 Å². The number of fused-ring (bicyclic) bond motifs is 1. The zero-order chi connectivity index (χ0) is 29.3. The summed E-state index contributed by atoms with van der Waals surface area (Å²) in [5.41, 5.74) is 0.469. The molecule has 9 nitrogen and oxygen atoms in total. The predicted molar refractivity (Wildman–Crippen MR) is 156 cm³/mol. The number of carboxylic acids is 1. The lowest BCUT2D eigenvalue weighted by Gasteiger charge is -2.38. The number of aromatic carboxylic acids is 1. The molecule has 4 aromatic rings. The summed E-state index contributed by atoms with van der Waals surface area (Å²) in [6.07, 6.45) is 0. The molecule has 11 heteroatoms. The van der Waals surface area contributed by atoms with Gasteiger partial charge in [0.25, 0.3) is 0 Å². The van der Waals surface area contributed by atoms with Crippen LogP contribution in [0.3, 0.4) is 0 Å². The van der Waals surface area contributed by atoms with E-state index in [0.717, 1.165) is 0 Å². The first kappa shape index (κ1) is 28.5. The van der Waals surface area contributed by atoms with E-state index >= 15 is 4.39 Å². The molecule has 1 unspecified atom stereocenters. The Hall–Kier alpha value is -3.98. The number of benzene rings is 3. The number of aryl methyl sites for hydroxylation is 1. The minimum Gasteiger partial charge on any atom is -0.477 e. The first-order chi connectivity index (χ1) is 19.7. The number of carboxylic acid groups (broad SMARTS) is 1. The van der Waals surface area contributed by atoms with Gasteiger partial charge in [-0.2, -0.15) is 4.67 Å². The maximum atomic E-state index is 16.6. The van der Waals surface area contributed by atoms with Crippen LogP contribution >= 0.6 is 7.75 Å². The smallest absolute Gasteiger partial charge is 0.461 e. The van der Waals surface area contributed by atoms with Gasteiger partial charge in [-0.25, -0.2) is 13.8 Å². The minimum absolute atomic E-state index is 0.0288. The van der Waals surface area contributed by atoms with Crippen molar-refractivity contribution < 1.29 is 27.9 Å². The van der Waals surface area contributed by atoms with Crippen LogP contribution in [0, 0.1) is 12.7 Å². The fourth-order valence-electron chi connectivity index (χ4n) is 5.45. The van der Waals surface area contributed by atoms with E-state index in [0.29, 0.717) is 42.2 Å². The molecule has 0 saturated carbocycles. The Morgan fingerprint density at radius 3 is 2.20 bits per heavy atom. The Morgan fingerprint density at radius 1 is 1.02 bits per heavy atom. The van der Waals surface area contributed by atoms with Gasteiger partial charge < -0.3 is 19.1 Å². The molecule has 1 N–H and O–H groups in total. The monoisotopic (exact) mass is 579 g/mol. The SMILES string of the molecule is CCn1c(C)c(C(=O)O)c(=O)c2c(-c3ccccc3)c(F)c(N3CCN(P(=O)(OC)Oc4ccccc4)CC3)cc21. The summed E-state index contributed by atoms with van der Waals surface area (Å²) >= 11 is 0. The van der Waals surface area contributed by atoms with E-state index < -0.39 is 25.0 Å². The molecular formula is C30H31FN3O6P. The molecule has 1 aliphatic heterocycles. The highest BCUT2D eigenvalue weighted by Crippen LogP contribution is 2.51. The van der Waals surface area contributed by atoms with Gasteiger partial charge in [-0.1, -0.05) is 48.5 Å². The average Bonchev–Trinajstić information content (AvgIpc) is 2.98. The van der Waals surface area contributed by atoms with Crippen molar-refractivity contribution in [2.45, 2.75) is 20.4 Å². The third kappa shape index (κ3) is 5.14. The van der Waals surface area contributed by atoms with E-state index in [-0.39, 0.29) is 35.3 Å². The normalized spacial score (nSPS) is 15.6. The molecular weight excluding hydrogens is 548 g/mol. The quantitative estimate of drug-likeness (QED) is 0.262. The van der Waals surface area contributed by atoms with E-state index in [1.165, 1.54) is 7.11 Å². The highest BCUT2D eigenvalue weighted by Gasteiger charge is 2.37. The lowest BCUT2D eigenvalue weighted by molar-refractivity contribution is 0.0694. The van der Waals surface area contributed by atoms with Gasteiger partial charge in [0.2, 0.25) is 5.43 Å². The van der Waals surface area contributed by atoms with Crippen molar-refractivity contribution in [3.8, 4) is 16.9 Å². The lowest BCUT2D eigenvalue weighted by atomic mass is 9.95. The number of piperazine rings is 1. The summed E-state index contributed by atoms with van der Waals surface area (Å²) in [5, 5.41) is 9.88. The van der Waals surface area contributed by atoms with Gasteiger partial charge in [-0.3, -0.25) is 9.32 Å². The van der Waals surface area contributed by atoms with Crippen LogP contribution in [0.15, 0.2) is 71.5 Å². The average molecular weight is 580 g/mol. The van der Waals surface area contributed by atoms with Crippen molar-refractivity contribution in [2.24, 2.45) is 0 Å². The Balaban J connectivity index is 1.60. The van der Waals surface area contributed by atoms with E-state index in [1.54, 1.807) is 76.8 Å². The fourth-order valence-corrected chi connectivity index (χ4v) is 6.93. The van der Waals surface area contributed by atoms with Gasteiger partial charge in [0.1, 0.15) is 11.3 Å². The van der Waals surface area contributed by atoms with Crippen LogP contribution in [-0.4, -0.2) is 53.6 Å². The summed E-state index contributed by atoms with van der Waals surface area (Å²) in [6.45, 7) is 4.98. The summed E-state index contributed by atoms with van der Waals surface area (Å²) in [4.78, 5) is 27.5. The first-order valence-electron chi connectivity index (χ1n) is 13.3. The number of halogens is 1. The fraction of sp³-hybridized carbons (Fsp3) is 0.267. The van der Waals surface area contributed by atoms with Crippen molar-refractivity contribution in [3.63, 3.8) is 0 Å². The minimum atomic E-state index is -3.65. The third-order valence-electron chi connectivity index (χ3n) is 7.47. The van der Waals surface area contributed by atoms with Crippen molar-refractivity contribution in [3.05, 3.63) is 94.0 Å². The zero-order valence-corrected chi connectivity index (χ0v) is 23.9. The number of nitrogens with zero attached hydrogens (tertiary/aromatic N) is 3. The van der Waals surface area contributed by atoms with E-state index in [4.69, 9.17) is 9.05 Å². The number of pyridine rings is 1. The van der Waals surface area contributed by atoms with Crippen LogP contribution in [0.1, 0.15) is 23.0 Å². The zero-order valence-electron chi connectivity index (χ0n) is 23.0. The van der Waals surface area contributed by atoms with E-state index in [2.05, 4.69) is 0 Å². The van der Waals surface area contributed by atoms with Gasteiger partial charge in [0.05, 0.1) is 16.6 Å².